The maximum atomic E-state index is 12.2. The van der Waals surface area contributed by atoms with Gasteiger partial charge in [-0.05, 0) is 6.07 Å². The van der Waals surface area contributed by atoms with Crippen LogP contribution in [0.1, 0.15) is 26.5 Å². The molecule has 0 aromatic carbocycles. The number of hydrogen-bond donors (Lipinski definition) is 0. The average Bonchev–Trinajstić information content (AvgIpc) is 2.01. The van der Waals surface area contributed by atoms with Gasteiger partial charge in [0.15, 0.2) is 0 Å². The van der Waals surface area contributed by atoms with E-state index in [4.69, 9.17) is 0 Å². The Labute approximate surface area is 130 Å². The molecule has 0 amide bonds. The molecule has 0 fully saturated rings. The number of rotatable bonds is 1. The van der Waals surface area contributed by atoms with E-state index in [1.54, 1.807) is 0 Å². The standard InChI is InChI=1S/C9H12BF3N.K/c1-9(2,3)8-5-4-7(6-14-8)10(11,12)13;/h4-6H,1-3H3;/q-1;+1. The maximum absolute atomic E-state index is 12.2. The Morgan fingerprint density at radius 2 is 1.67 bits per heavy atom. The van der Waals surface area contributed by atoms with Crippen molar-refractivity contribution in [3.8, 4) is 0 Å². The van der Waals surface area contributed by atoms with Crippen LogP contribution in [0.3, 0.4) is 0 Å². The van der Waals surface area contributed by atoms with Crippen molar-refractivity contribution in [3.05, 3.63) is 24.0 Å². The first-order valence-corrected chi connectivity index (χ1v) is 4.37. The smallest absolute Gasteiger partial charge is 0.445 e. The molecule has 78 valence electrons. The van der Waals surface area contributed by atoms with Crippen LogP contribution in [-0.2, 0) is 5.41 Å². The number of nitrogens with zero attached hydrogens (tertiary/aromatic N) is 1. The monoisotopic (exact) mass is 241 g/mol. The molecule has 0 unspecified atom stereocenters. The summed E-state index contributed by atoms with van der Waals surface area (Å²) in [4.78, 5) is 3.81. The molecule has 0 aliphatic rings. The van der Waals surface area contributed by atoms with Crippen molar-refractivity contribution >= 4 is 12.4 Å². The van der Waals surface area contributed by atoms with Crippen molar-refractivity contribution < 1.29 is 64.3 Å². The molecule has 0 radical (unpaired) electrons. The zero-order chi connectivity index (χ0) is 11.0. The molecule has 1 heterocycles. The zero-order valence-corrected chi connectivity index (χ0v) is 12.5. The van der Waals surface area contributed by atoms with Gasteiger partial charge in [0.05, 0.1) is 0 Å². The summed E-state index contributed by atoms with van der Waals surface area (Å²) in [6.07, 6.45) is 0.903. The molecule has 1 aromatic heterocycles. The van der Waals surface area contributed by atoms with Crippen molar-refractivity contribution in [1.82, 2.24) is 4.98 Å². The van der Waals surface area contributed by atoms with Crippen molar-refractivity contribution in [1.29, 1.82) is 0 Å². The molecule has 0 saturated heterocycles. The Morgan fingerprint density at radius 1 is 1.13 bits per heavy atom. The van der Waals surface area contributed by atoms with E-state index in [-0.39, 0.29) is 56.8 Å². The van der Waals surface area contributed by atoms with E-state index in [1.807, 2.05) is 20.8 Å². The molecule has 0 aliphatic heterocycles. The molecule has 1 nitrogen and oxygen atoms in total. The van der Waals surface area contributed by atoms with Crippen LogP contribution in [0.15, 0.2) is 18.3 Å². The summed E-state index contributed by atoms with van der Waals surface area (Å²) in [5.74, 6) is 0. The molecule has 6 heteroatoms. The van der Waals surface area contributed by atoms with Gasteiger partial charge in [0, 0.05) is 17.3 Å². The van der Waals surface area contributed by atoms with Gasteiger partial charge < -0.3 is 12.9 Å². The van der Waals surface area contributed by atoms with E-state index in [0.717, 1.165) is 12.3 Å². The second kappa shape index (κ2) is 5.31. The minimum absolute atomic E-state index is 0. The van der Waals surface area contributed by atoms with Gasteiger partial charge in [-0.15, -0.1) is 0 Å². The summed E-state index contributed by atoms with van der Waals surface area (Å²) in [6.45, 7) is 0.810. The van der Waals surface area contributed by atoms with E-state index >= 15 is 0 Å². The summed E-state index contributed by atoms with van der Waals surface area (Å²) in [7, 11) is 0. The van der Waals surface area contributed by atoms with Crippen LogP contribution in [0.4, 0.5) is 12.9 Å². The first-order valence-electron chi connectivity index (χ1n) is 4.37. The average molecular weight is 241 g/mol. The normalized spacial score (nSPS) is 12.1. The van der Waals surface area contributed by atoms with Crippen LogP contribution in [0, 0.1) is 0 Å². The number of pyridine rings is 1. The fourth-order valence-corrected chi connectivity index (χ4v) is 1.04. The van der Waals surface area contributed by atoms with Crippen LogP contribution in [0.5, 0.6) is 0 Å². The second-order valence-corrected chi connectivity index (χ2v) is 4.30. The van der Waals surface area contributed by atoms with Crippen LogP contribution >= 0.6 is 0 Å². The Kier molecular flexibility index (Phi) is 5.54. The molecule has 15 heavy (non-hydrogen) atoms. The molecular formula is C9H12BF3KN. The maximum Gasteiger partial charge on any atom is 1.00 e. The predicted octanol–water partition coefficient (Wildman–Crippen LogP) is -0.562. The first-order chi connectivity index (χ1) is 6.21. The minimum atomic E-state index is -4.92. The molecular weight excluding hydrogens is 229 g/mol. The quantitative estimate of drug-likeness (QED) is 0.600. The number of aromatic nitrogens is 1. The van der Waals surface area contributed by atoms with Crippen LogP contribution in [0.2, 0.25) is 0 Å². The second-order valence-electron chi connectivity index (χ2n) is 4.30. The number of hydrogen-bond acceptors (Lipinski definition) is 1. The van der Waals surface area contributed by atoms with E-state index in [2.05, 4.69) is 4.98 Å². The largest absolute Gasteiger partial charge is 1.00 e. The van der Waals surface area contributed by atoms with Gasteiger partial charge in [-0.1, -0.05) is 32.3 Å². The Bertz CT molecular complexity index is 283. The topological polar surface area (TPSA) is 12.9 Å². The third-order valence-corrected chi connectivity index (χ3v) is 1.93. The van der Waals surface area contributed by atoms with E-state index in [0.29, 0.717) is 5.69 Å². The van der Waals surface area contributed by atoms with Gasteiger partial charge >= 0.3 is 58.4 Å². The van der Waals surface area contributed by atoms with Crippen molar-refractivity contribution in [2.45, 2.75) is 26.2 Å². The molecule has 1 aromatic rings. The fraction of sp³-hybridized carbons (Fsp3) is 0.444. The van der Waals surface area contributed by atoms with Gasteiger partial charge in [0.2, 0.25) is 0 Å². The molecule has 0 saturated carbocycles. The Hall–Kier alpha value is 0.641. The van der Waals surface area contributed by atoms with Gasteiger partial charge in [0.25, 0.3) is 0 Å². The van der Waals surface area contributed by atoms with Gasteiger partial charge in [-0.3, -0.25) is 4.98 Å². The fourth-order valence-electron chi connectivity index (χ4n) is 1.04. The summed E-state index contributed by atoms with van der Waals surface area (Å²) >= 11 is 0. The van der Waals surface area contributed by atoms with Gasteiger partial charge in [0.1, 0.15) is 0 Å². The van der Waals surface area contributed by atoms with Crippen LogP contribution in [0.25, 0.3) is 0 Å². The molecule has 0 spiro atoms. The van der Waals surface area contributed by atoms with Crippen molar-refractivity contribution in [3.63, 3.8) is 0 Å². The third kappa shape index (κ3) is 4.56. The van der Waals surface area contributed by atoms with Crippen LogP contribution < -0.4 is 56.8 Å². The summed E-state index contributed by atoms with van der Waals surface area (Å²) < 4.78 is 36.7. The summed E-state index contributed by atoms with van der Waals surface area (Å²) in [5, 5.41) is 0. The SMILES string of the molecule is CC(C)(C)c1ccc([B-](F)(F)F)cn1.[K+]. The molecule has 0 bridgehead atoms. The molecule has 0 aliphatic carbocycles. The zero-order valence-electron chi connectivity index (χ0n) is 9.39. The Balaban J connectivity index is 0.00000196. The molecule has 1 rings (SSSR count). The van der Waals surface area contributed by atoms with Crippen LogP contribution in [-0.4, -0.2) is 12.0 Å². The van der Waals surface area contributed by atoms with E-state index in [9.17, 15) is 12.9 Å². The van der Waals surface area contributed by atoms with Gasteiger partial charge in [-0.25, -0.2) is 0 Å². The third-order valence-electron chi connectivity index (χ3n) is 1.93. The molecule has 0 N–H and O–H groups in total. The number of halogens is 3. The van der Waals surface area contributed by atoms with Gasteiger partial charge in [-0.2, -0.15) is 0 Å². The predicted molar refractivity (Wildman–Crippen MR) is 51.6 cm³/mol. The Morgan fingerprint density at radius 3 is 1.93 bits per heavy atom. The minimum Gasteiger partial charge on any atom is -0.445 e. The van der Waals surface area contributed by atoms with Crippen molar-refractivity contribution in [2.24, 2.45) is 0 Å². The van der Waals surface area contributed by atoms with Crippen molar-refractivity contribution in [2.75, 3.05) is 0 Å². The summed E-state index contributed by atoms with van der Waals surface area (Å²) in [5.41, 5.74) is -0.184. The first kappa shape index (κ1) is 15.6. The van der Waals surface area contributed by atoms with E-state index < -0.39 is 12.4 Å². The molecule has 0 atom stereocenters. The summed E-state index contributed by atoms with van der Waals surface area (Å²) in [6, 6.07) is 2.53. The van der Waals surface area contributed by atoms with E-state index in [1.165, 1.54) is 6.07 Å².